The van der Waals surface area contributed by atoms with Crippen molar-refractivity contribution in [2.75, 3.05) is 0 Å². The fourth-order valence-corrected chi connectivity index (χ4v) is 3.87. The van der Waals surface area contributed by atoms with Gasteiger partial charge in [0.05, 0.1) is 0 Å². The highest BCUT2D eigenvalue weighted by atomic mass is 16.4. The van der Waals surface area contributed by atoms with Crippen LogP contribution in [-0.4, -0.2) is 51.0 Å². The molecule has 2 aliphatic heterocycles. The van der Waals surface area contributed by atoms with Gasteiger partial charge in [-0.05, 0) is 63.3 Å². The average molecular weight is 372 g/mol. The Labute approximate surface area is 157 Å². The summed E-state index contributed by atoms with van der Waals surface area (Å²) in [6.07, 6.45) is 4.00. The van der Waals surface area contributed by atoms with Crippen LogP contribution < -0.4 is 5.32 Å². The number of phenols is 1. The number of benzene rings is 1. The second-order valence-corrected chi connectivity index (χ2v) is 7.35. The van der Waals surface area contributed by atoms with E-state index in [1.54, 1.807) is 13.0 Å². The molecule has 0 unspecified atom stereocenters. The monoisotopic (exact) mass is 372 g/mol. The Morgan fingerprint density at radius 3 is 2.63 bits per heavy atom. The first-order valence-corrected chi connectivity index (χ1v) is 9.09. The predicted octanol–water partition coefficient (Wildman–Crippen LogP) is 1.98. The Bertz CT molecular complexity index is 817. The van der Waals surface area contributed by atoms with Gasteiger partial charge in [0, 0.05) is 11.6 Å². The maximum atomic E-state index is 13.1. The molecule has 2 heterocycles. The molecule has 0 aliphatic carbocycles. The minimum Gasteiger partial charge on any atom is -0.508 e. The molecule has 1 saturated heterocycles. The lowest BCUT2D eigenvalue weighted by Gasteiger charge is -2.33. The first-order valence-electron chi connectivity index (χ1n) is 9.09. The molecule has 0 bridgehead atoms. The van der Waals surface area contributed by atoms with E-state index in [-0.39, 0.29) is 17.7 Å². The SMILES string of the molecule is CC1=CC[C@H](NC(=O)c2ccc(O)c(C)c2)C(=O)N2[C@@H](CC[C@H]2C(=O)O)C1. The van der Waals surface area contributed by atoms with Crippen LogP contribution in [0.2, 0.25) is 0 Å². The molecular formula is C20H24N2O5. The molecule has 0 aromatic heterocycles. The topological polar surface area (TPSA) is 107 Å². The Balaban J connectivity index is 1.85. The lowest BCUT2D eigenvalue weighted by Crippen LogP contribution is -2.54. The minimum atomic E-state index is -1.01. The summed E-state index contributed by atoms with van der Waals surface area (Å²) in [5.41, 5.74) is 1.99. The van der Waals surface area contributed by atoms with Gasteiger partial charge in [0.2, 0.25) is 5.91 Å². The molecule has 0 radical (unpaired) electrons. The van der Waals surface area contributed by atoms with E-state index in [9.17, 15) is 24.6 Å². The summed E-state index contributed by atoms with van der Waals surface area (Å²) in [6, 6.07) is 2.67. The maximum Gasteiger partial charge on any atom is 0.326 e. The van der Waals surface area contributed by atoms with Gasteiger partial charge in [-0.1, -0.05) is 11.6 Å². The van der Waals surface area contributed by atoms with Crippen LogP contribution in [0.5, 0.6) is 5.75 Å². The van der Waals surface area contributed by atoms with Crippen molar-refractivity contribution in [3.05, 3.63) is 41.0 Å². The third-order valence-electron chi connectivity index (χ3n) is 5.36. The average Bonchev–Trinajstić information content (AvgIpc) is 3.02. The van der Waals surface area contributed by atoms with Gasteiger partial charge in [-0.15, -0.1) is 0 Å². The van der Waals surface area contributed by atoms with Crippen LogP contribution in [-0.2, 0) is 9.59 Å². The van der Waals surface area contributed by atoms with Crippen molar-refractivity contribution in [3.8, 4) is 5.75 Å². The van der Waals surface area contributed by atoms with Crippen molar-refractivity contribution in [1.29, 1.82) is 0 Å². The largest absolute Gasteiger partial charge is 0.508 e. The fraction of sp³-hybridized carbons (Fsp3) is 0.450. The number of nitrogens with one attached hydrogen (secondary N) is 1. The lowest BCUT2D eigenvalue weighted by molar-refractivity contribution is -0.150. The molecule has 1 aromatic rings. The molecule has 0 spiro atoms. The van der Waals surface area contributed by atoms with Crippen molar-refractivity contribution >= 4 is 17.8 Å². The summed E-state index contributed by atoms with van der Waals surface area (Å²) in [4.78, 5) is 38.7. The van der Waals surface area contributed by atoms with E-state index in [4.69, 9.17) is 0 Å². The lowest BCUT2D eigenvalue weighted by atomic mass is 9.99. The van der Waals surface area contributed by atoms with Crippen LogP contribution in [0.4, 0.5) is 0 Å². The molecule has 144 valence electrons. The van der Waals surface area contributed by atoms with Gasteiger partial charge < -0.3 is 20.4 Å². The smallest absolute Gasteiger partial charge is 0.326 e. The quantitative estimate of drug-likeness (QED) is 0.704. The third kappa shape index (κ3) is 3.82. The van der Waals surface area contributed by atoms with Gasteiger partial charge in [-0.3, -0.25) is 9.59 Å². The van der Waals surface area contributed by atoms with E-state index in [0.29, 0.717) is 36.8 Å². The Hall–Kier alpha value is -2.83. The molecule has 3 atom stereocenters. The zero-order chi connectivity index (χ0) is 19.7. The molecule has 1 fully saturated rings. The van der Waals surface area contributed by atoms with Crippen molar-refractivity contribution < 1.29 is 24.6 Å². The Morgan fingerprint density at radius 1 is 1.22 bits per heavy atom. The number of carboxylic acid groups (broad SMARTS) is 1. The first-order chi connectivity index (χ1) is 12.8. The van der Waals surface area contributed by atoms with Gasteiger partial charge in [-0.2, -0.15) is 0 Å². The molecule has 1 aromatic carbocycles. The van der Waals surface area contributed by atoms with Gasteiger partial charge in [-0.25, -0.2) is 4.79 Å². The van der Waals surface area contributed by atoms with E-state index in [0.717, 1.165) is 5.57 Å². The van der Waals surface area contributed by atoms with Gasteiger partial charge in [0.25, 0.3) is 5.91 Å². The molecule has 3 N–H and O–H groups in total. The number of carbonyl (C=O) groups excluding carboxylic acids is 2. The van der Waals surface area contributed by atoms with Crippen LogP contribution in [0.15, 0.2) is 29.8 Å². The van der Waals surface area contributed by atoms with E-state index in [2.05, 4.69) is 5.32 Å². The van der Waals surface area contributed by atoms with Crippen LogP contribution >= 0.6 is 0 Å². The Morgan fingerprint density at radius 2 is 1.96 bits per heavy atom. The van der Waals surface area contributed by atoms with Gasteiger partial charge in [0.15, 0.2) is 0 Å². The zero-order valence-corrected chi connectivity index (χ0v) is 15.4. The number of phenolic OH excluding ortho intramolecular Hbond substituents is 1. The summed E-state index contributed by atoms with van der Waals surface area (Å²) in [7, 11) is 0. The normalized spacial score (nSPS) is 25.3. The standard InChI is InChI=1S/C20H24N2O5/c1-11-3-6-15(21-18(24)13-4-8-17(23)12(2)10-13)19(25)22-14(9-11)5-7-16(22)20(26)27/h3-4,8,10,14-16,23H,5-7,9H2,1-2H3,(H,21,24)(H,26,27)/t14-,15-,16-/m0/s1. The van der Waals surface area contributed by atoms with E-state index < -0.39 is 24.0 Å². The third-order valence-corrected chi connectivity index (χ3v) is 5.36. The summed E-state index contributed by atoms with van der Waals surface area (Å²) < 4.78 is 0. The predicted molar refractivity (Wildman–Crippen MR) is 98.4 cm³/mol. The van der Waals surface area contributed by atoms with E-state index in [1.807, 2.05) is 13.0 Å². The summed E-state index contributed by atoms with van der Waals surface area (Å²) >= 11 is 0. The number of nitrogens with zero attached hydrogens (tertiary/aromatic N) is 1. The molecule has 7 nitrogen and oxygen atoms in total. The van der Waals surface area contributed by atoms with Crippen molar-refractivity contribution in [2.24, 2.45) is 0 Å². The van der Waals surface area contributed by atoms with Crippen molar-refractivity contribution in [3.63, 3.8) is 0 Å². The number of rotatable bonds is 3. The van der Waals surface area contributed by atoms with Crippen LogP contribution in [0.25, 0.3) is 0 Å². The zero-order valence-electron chi connectivity index (χ0n) is 15.4. The number of aryl methyl sites for hydroxylation is 1. The molecule has 7 heteroatoms. The number of fused-ring (bicyclic) bond motifs is 1. The Kier molecular flexibility index (Phi) is 5.21. The van der Waals surface area contributed by atoms with E-state index >= 15 is 0 Å². The number of amides is 2. The van der Waals surface area contributed by atoms with Gasteiger partial charge >= 0.3 is 5.97 Å². The molecule has 27 heavy (non-hydrogen) atoms. The number of aliphatic carboxylic acids is 1. The highest BCUT2D eigenvalue weighted by molar-refractivity contribution is 5.98. The fourth-order valence-electron chi connectivity index (χ4n) is 3.87. The molecule has 3 rings (SSSR count). The second kappa shape index (κ2) is 7.42. The summed E-state index contributed by atoms with van der Waals surface area (Å²) in [6.45, 7) is 3.65. The number of hydrogen-bond donors (Lipinski definition) is 3. The van der Waals surface area contributed by atoms with Crippen molar-refractivity contribution in [1.82, 2.24) is 10.2 Å². The molecule has 0 saturated carbocycles. The minimum absolute atomic E-state index is 0.0938. The number of hydrogen-bond acceptors (Lipinski definition) is 4. The molecule has 2 aliphatic rings. The first kappa shape index (κ1) is 18.9. The molecule has 2 amide bonds. The van der Waals surface area contributed by atoms with Crippen LogP contribution in [0, 0.1) is 6.92 Å². The number of carboxylic acids is 1. The summed E-state index contributed by atoms with van der Waals surface area (Å²) in [5.74, 6) is -1.69. The maximum absolute atomic E-state index is 13.1. The number of aromatic hydroxyl groups is 1. The van der Waals surface area contributed by atoms with Crippen LogP contribution in [0.1, 0.15) is 48.5 Å². The van der Waals surface area contributed by atoms with E-state index in [1.165, 1.54) is 17.0 Å². The van der Waals surface area contributed by atoms with Crippen LogP contribution in [0.3, 0.4) is 0 Å². The summed E-state index contributed by atoms with van der Waals surface area (Å²) in [5, 5.41) is 21.8. The highest BCUT2D eigenvalue weighted by Gasteiger charge is 2.43. The second-order valence-electron chi connectivity index (χ2n) is 7.35. The van der Waals surface area contributed by atoms with Crippen molar-refractivity contribution in [2.45, 2.75) is 57.7 Å². The van der Waals surface area contributed by atoms with Gasteiger partial charge in [0.1, 0.15) is 17.8 Å². The highest BCUT2D eigenvalue weighted by Crippen LogP contribution is 2.31. The molecular weight excluding hydrogens is 348 g/mol. The number of carbonyl (C=O) groups is 3.